The Hall–Kier alpha value is -0.900. The summed E-state index contributed by atoms with van der Waals surface area (Å²) >= 11 is 0. The van der Waals surface area contributed by atoms with Crippen LogP contribution in [0.5, 0.6) is 0 Å². The van der Waals surface area contributed by atoms with Crippen molar-refractivity contribution in [3.8, 4) is 0 Å². The second-order valence-electron chi connectivity index (χ2n) is 4.25. The first-order chi connectivity index (χ1) is 7.86. The van der Waals surface area contributed by atoms with Crippen LogP contribution in [0.3, 0.4) is 0 Å². The highest BCUT2D eigenvalue weighted by Gasteiger charge is 2.12. The Labute approximate surface area is 97.2 Å². The lowest BCUT2D eigenvalue weighted by molar-refractivity contribution is 0.0290. The summed E-state index contributed by atoms with van der Waals surface area (Å²) in [5, 5.41) is 6.78. The van der Waals surface area contributed by atoms with Gasteiger partial charge in [-0.05, 0) is 18.1 Å². The van der Waals surface area contributed by atoms with E-state index in [9.17, 15) is 0 Å². The van der Waals surface area contributed by atoms with E-state index in [2.05, 4.69) is 41.8 Å². The van der Waals surface area contributed by atoms with Gasteiger partial charge in [0, 0.05) is 26.2 Å². The van der Waals surface area contributed by atoms with Gasteiger partial charge in [-0.25, -0.2) is 0 Å². The number of ether oxygens (including phenoxy) is 1. The molecule has 1 aromatic rings. The van der Waals surface area contributed by atoms with E-state index in [0.717, 1.165) is 32.8 Å². The molecule has 0 aliphatic carbocycles. The first-order valence-corrected chi connectivity index (χ1v) is 5.94. The summed E-state index contributed by atoms with van der Waals surface area (Å²) in [6, 6.07) is 8.48. The van der Waals surface area contributed by atoms with E-state index in [0.29, 0.717) is 6.10 Å². The number of hydrogen-bond donors (Lipinski definition) is 2. The van der Waals surface area contributed by atoms with E-state index >= 15 is 0 Å². The van der Waals surface area contributed by atoms with Crippen molar-refractivity contribution >= 4 is 0 Å². The number of nitrogens with one attached hydrogen (secondary N) is 2. The minimum Gasteiger partial charge on any atom is -0.374 e. The van der Waals surface area contributed by atoms with Crippen molar-refractivity contribution in [2.24, 2.45) is 0 Å². The van der Waals surface area contributed by atoms with Crippen LogP contribution in [0.15, 0.2) is 24.3 Å². The Kier molecular flexibility index (Phi) is 4.34. The van der Waals surface area contributed by atoms with Crippen molar-refractivity contribution in [1.29, 1.82) is 0 Å². The monoisotopic (exact) mass is 220 g/mol. The molecule has 2 rings (SSSR count). The average molecular weight is 220 g/mol. The van der Waals surface area contributed by atoms with Gasteiger partial charge in [-0.15, -0.1) is 0 Å². The van der Waals surface area contributed by atoms with Gasteiger partial charge >= 0.3 is 0 Å². The zero-order valence-electron chi connectivity index (χ0n) is 9.83. The third-order valence-corrected chi connectivity index (χ3v) is 2.95. The fourth-order valence-corrected chi connectivity index (χ4v) is 1.93. The maximum absolute atomic E-state index is 5.62. The SMILES string of the molecule is Cc1ccccc1CNCC1CNCCO1. The van der Waals surface area contributed by atoms with Gasteiger partial charge in [0.15, 0.2) is 0 Å². The van der Waals surface area contributed by atoms with E-state index in [1.807, 2.05) is 0 Å². The second kappa shape index (κ2) is 5.99. The highest BCUT2D eigenvalue weighted by atomic mass is 16.5. The van der Waals surface area contributed by atoms with Crippen LogP contribution in [0.4, 0.5) is 0 Å². The second-order valence-corrected chi connectivity index (χ2v) is 4.25. The first kappa shape index (κ1) is 11.6. The largest absolute Gasteiger partial charge is 0.374 e. The topological polar surface area (TPSA) is 33.3 Å². The molecule has 16 heavy (non-hydrogen) atoms. The molecule has 1 atom stereocenters. The van der Waals surface area contributed by atoms with Crippen LogP contribution in [0, 0.1) is 6.92 Å². The van der Waals surface area contributed by atoms with Gasteiger partial charge in [-0.2, -0.15) is 0 Å². The Morgan fingerprint density at radius 1 is 1.44 bits per heavy atom. The number of rotatable bonds is 4. The molecule has 0 amide bonds. The quantitative estimate of drug-likeness (QED) is 0.796. The van der Waals surface area contributed by atoms with Crippen molar-refractivity contribution in [2.45, 2.75) is 19.6 Å². The molecule has 1 saturated heterocycles. The molecule has 1 aliphatic rings. The zero-order valence-corrected chi connectivity index (χ0v) is 9.83. The Bertz CT molecular complexity index is 321. The molecule has 1 aliphatic heterocycles. The summed E-state index contributed by atoms with van der Waals surface area (Å²) in [5.74, 6) is 0. The van der Waals surface area contributed by atoms with Gasteiger partial charge in [-0.3, -0.25) is 0 Å². The van der Waals surface area contributed by atoms with Crippen molar-refractivity contribution in [2.75, 3.05) is 26.2 Å². The van der Waals surface area contributed by atoms with Crippen LogP contribution in [-0.4, -0.2) is 32.3 Å². The van der Waals surface area contributed by atoms with Crippen LogP contribution < -0.4 is 10.6 Å². The molecular weight excluding hydrogens is 200 g/mol. The summed E-state index contributed by atoms with van der Waals surface area (Å²) in [7, 11) is 0. The molecule has 3 heteroatoms. The van der Waals surface area contributed by atoms with Crippen molar-refractivity contribution in [3.05, 3.63) is 35.4 Å². The molecule has 0 spiro atoms. The van der Waals surface area contributed by atoms with Crippen LogP contribution in [-0.2, 0) is 11.3 Å². The van der Waals surface area contributed by atoms with Crippen LogP contribution in [0.25, 0.3) is 0 Å². The average Bonchev–Trinajstić information content (AvgIpc) is 2.33. The number of hydrogen-bond acceptors (Lipinski definition) is 3. The van der Waals surface area contributed by atoms with E-state index in [1.165, 1.54) is 11.1 Å². The molecule has 1 aromatic carbocycles. The molecular formula is C13H20N2O. The predicted molar refractivity (Wildman–Crippen MR) is 65.5 cm³/mol. The van der Waals surface area contributed by atoms with Crippen LogP contribution >= 0.6 is 0 Å². The predicted octanol–water partition coefficient (Wildman–Crippen LogP) is 1.07. The molecule has 1 unspecified atom stereocenters. The van der Waals surface area contributed by atoms with E-state index < -0.39 is 0 Å². The number of aryl methyl sites for hydroxylation is 1. The molecule has 0 aromatic heterocycles. The summed E-state index contributed by atoms with van der Waals surface area (Å²) < 4.78 is 5.62. The molecule has 3 nitrogen and oxygen atoms in total. The van der Waals surface area contributed by atoms with Gasteiger partial charge in [0.2, 0.25) is 0 Å². The minimum atomic E-state index is 0.317. The Balaban J connectivity index is 1.73. The van der Waals surface area contributed by atoms with Gasteiger partial charge in [0.05, 0.1) is 12.7 Å². The van der Waals surface area contributed by atoms with Crippen molar-refractivity contribution in [1.82, 2.24) is 10.6 Å². The van der Waals surface area contributed by atoms with Gasteiger partial charge in [-0.1, -0.05) is 24.3 Å². The lowest BCUT2D eigenvalue weighted by Gasteiger charge is -2.24. The third kappa shape index (κ3) is 3.30. The van der Waals surface area contributed by atoms with E-state index in [-0.39, 0.29) is 0 Å². The number of benzene rings is 1. The maximum Gasteiger partial charge on any atom is 0.0824 e. The third-order valence-electron chi connectivity index (χ3n) is 2.95. The van der Waals surface area contributed by atoms with E-state index in [1.54, 1.807) is 0 Å². The van der Waals surface area contributed by atoms with Gasteiger partial charge in [0.25, 0.3) is 0 Å². The molecule has 0 saturated carbocycles. The fraction of sp³-hybridized carbons (Fsp3) is 0.538. The highest BCUT2D eigenvalue weighted by Crippen LogP contribution is 2.06. The Morgan fingerprint density at radius 2 is 2.31 bits per heavy atom. The molecule has 1 fully saturated rings. The van der Waals surface area contributed by atoms with E-state index in [4.69, 9.17) is 4.74 Å². The number of morpholine rings is 1. The van der Waals surface area contributed by atoms with Crippen molar-refractivity contribution in [3.63, 3.8) is 0 Å². The maximum atomic E-state index is 5.62. The lowest BCUT2D eigenvalue weighted by Crippen LogP contribution is -2.43. The summed E-state index contributed by atoms with van der Waals surface area (Å²) in [5.41, 5.74) is 2.71. The summed E-state index contributed by atoms with van der Waals surface area (Å²) in [4.78, 5) is 0. The molecule has 88 valence electrons. The van der Waals surface area contributed by atoms with Crippen LogP contribution in [0.1, 0.15) is 11.1 Å². The van der Waals surface area contributed by atoms with Gasteiger partial charge < -0.3 is 15.4 Å². The van der Waals surface area contributed by atoms with Crippen molar-refractivity contribution < 1.29 is 4.74 Å². The summed E-state index contributed by atoms with van der Waals surface area (Å²) in [6.45, 7) is 6.76. The lowest BCUT2D eigenvalue weighted by atomic mass is 10.1. The first-order valence-electron chi connectivity index (χ1n) is 5.94. The zero-order chi connectivity index (χ0) is 11.2. The highest BCUT2D eigenvalue weighted by molar-refractivity contribution is 5.25. The van der Waals surface area contributed by atoms with Gasteiger partial charge in [0.1, 0.15) is 0 Å². The smallest absolute Gasteiger partial charge is 0.0824 e. The molecule has 1 heterocycles. The molecule has 2 N–H and O–H groups in total. The fourth-order valence-electron chi connectivity index (χ4n) is 1.93. The standard InChI is InChI=1S/C13H20N2O/c1-11-4-2-3-5-12(11)8-15-10-13-9-14-6-7-16-13/h2-5,13-15H,6-10H2,1H3. The van der Waals surface area contributed by atoms with Crippen LogP contribution in [0.2, 0.25) is 0 Å². The molecule has 0 radical (unpaired) electrons. The molecule has 0 bridgehead atoms. The normalized spacial score (nSPS) is 20.9. The minimum absolute atomic E-state index is 0.317. The Morgan fingerprint density at radius 3 is 3.06 bits per heavy atom. The summed E-state index contributed by atoms with van der Waals surface area (Å²) in [6.07, 6.45) is 0.317.